The standard InChI is InChI=1S/C14H19N5O/c1-3-5-17-13-8-11(12-9-15-6-7-16-12)18-14(19-13)10-20-4-2/h6-9H,3-5,10H2,1-2H3,(H,17,18,19). The molecule has 2 aromatic heterocycles. The van der Waals surface area contributed by atoms with Gasteiger partial charge in [-0.25, -0.2) is 9.97 Å². The molecule has 2 aromatic rings. The zero-order valence-electron chi connectivity index (χ0n) is 11.8. The maximum Gasteiger partial charge on any atom is 0.157 e. The van der Waals surface area contributed by atoms with E-state index in [0.717, 1.165) is 30.2 Å². The molecule has 0 saturated carbocycles. The molecule has 0 amide bonds. The van der Waals surface area contributed by atoms with Gasteiger partial charge < -0.3 is 10.1 Å². The molecule has 1 N–H and O–H groups in total. The van der Waals surface area contributed by atoms with E-state index in [9.17, 15) is 0 Å². The number of aromatic nitrogens is 4. The van der Waals surface area contributed by atoms with Crippen molar-refractivity contribution in [1.82, 2.24) is 19.9 Å². The summed E-state index contributed by atoms with van der Waals surface area (Å²) in [4.78, 5) is 17.2. The second kappa shape index (κ2) is 7.49. The molecule has 0 fully saturated rings. The predicted molar refractivity (Wildman–Crippen MR) is 77.2 cm³/mol. The fourth-order valence-electron chi connectivity index (χ4n) is 1.66. The fourth-order valence-corrected chi connectivity index (χ4v) is 1.66. The highest BCUT2D eigenvalue weighted by molar-refractivity contribution is 5.57. The van der Waals surface area contributed by atoms with Crippen molar-refractivity contribution in [3.8, 4) is 11.4 Å². The minimum Gasteiger partial charge on any atom is -0.374 e. The topological polar surface area (TPSA) is 72.8 Å². The molecule has 0 aliphatic heterocycles. The Morgan fingerprint density at radius 3 is 2.75 bits per heavy atom. The van der Waals surface area contributed by atoms with Crippen molar-refractivity contribution in [2.75, 3.05) is 18.5 Å². The van der Waals surface area contributed by atoms with Gasteiger partial charge in [-0.05, 0) is 13.3 Å². The van der Waals surface area contributed by atoms with Gasteiger partial charge in [-0.3, -0.25) is 9.97 Å². The first-order valence-corrected chi connectivity index (χ1v) is 6.79. The average molecular weight is 273 g/mol. The number of ether oxygens (including phenoxy) is 1. The highest BCUT2D eigenvalue weighted by Crippen LogP contribution is 2.17. The Labute approximate surface area is 118 Å². The smallest absolute Gasteiger partial charge is 0.157 e. The largest absolute Gasteiger partial charge is 0.374 e. The third kappa shape index (κ3) is 3.96. The molecule has 0 aromatic carbocycles. The average Bonchev–Trinajstić information content (AvgIpc) is 2.51. The van der Waals surface area contributed by atoms with E-state index in [0.29, 0.717) is 19.0 Å². The summed E-state index contributed by atoms with van der Waals surface area (Å²) in [7, 11) is 0. The summed E-state index contributed by atoms with van der Waals surface area (Å²) in [5.74, 6) is 1.44. The lowest BCUT2D eigenvalue weighted by Crippen LogP contribution is -2.07. The molecule has 0 aliphatic rings. The molecule has 0 radical (unpaired) electrons. The van der Waals surface area contributed by atoms with Crippen LogP contribution in [0.4, 0.5) is 5.82 Å². The van der Waals surface area contributed by atoms with Crippen molar-refractivity contribution in [3.63, 3.8) is 0 Å². The van der Waals surface area contributed by atoms with Gasteiger partial charge in [0, 0.05) is 31.6 Å². The number of hydrogen-bond donors (Lipinski definition) is 1. The van der Waals surface area contributed by atoms with Crippen molar-refractivity contribution in [1.29, 1.82) is 0 Å². The maximum atomic E-state index is 5.38. The van der Waals surface area contributed by atoms with E-state index in [1.54, 1.807) is 18.6 Å². The fraction of sp³-hybridized carbons (Fsp3) is 0.429. The second-order valence-electron chi connectivity index (χ2n) is 4.21. The molecule has 0 unspecified atom stereocenters. The van der Waals surface area contributed by atoms with Crippen LogP contribution >= 0.6 is 0 Å². The van der Waals surface area contributed by atoms with Crippen molar-refractivity contribution in [2.45, 2.75) is 26.9 Å². The van der Waals surface area contributed by atoms with Crippen molar-refractivity contribution < 1.29 is 4.74 Å². The quantitative estimate of drug-likeness (QED) is 0.834. The lowest BCUT2D eigenvalue weighted by molar-refractivity contribution is 0.128. The molecule has 6 nitrogen and oxygen atoms in total. The molecule has 6 heteroatoms. The molecule has 20 heavy (non-hydrogen) atoms. The van der Waals surface area contributed by atoms with Gasteiger partial charge in [-0.15, -0.1) is 0 Å². The summed E-state index contributed by atoms with van der Waals surface area (Å²) < 4.78 is 5.38. The number of nitrogens with zero attached hydrogens (tertiary/aromatic N) is 4. The Balaban J connectivity index is 2.29. The van der Waals surface area contributed by atoms with Gasteiger partial charge >= 0.3 is 0 Å². The Bertz CT molecular complexity index is 506. The minimum absolute atomic E-state index is 0.394. The van der Waals surface area contributed by atoms with Gasteiger partial charge in [0.2, 0.25) is 0 Å². The van der Waals surface area contributed by atoms with Crippen LogP contribution in [0.15, 0.2) is 24.7 Å². The third-order valence-corrected chi connectivity index (χ3v) is 2.59. The van der Waals surface area contributed by atoms with Gasteiger partial charge in [-0.1, -0.05) is 6.92 Å². The molecule has 2 rings (SSSR count). The Morgan fingerprint density at radius 1 is 1.15 bits per heavy atom. The van der Waals surface area contributed by atoms with E-state index in [1.807, 2.05) is 13.0 Å². The van der Waals surface area contributed by atoms with Crippen LogP contribution in [0.1, 0.15) is 26.1 Å². The molecule has 106 valence electrons. The number of rotatable bonds is 7. The first-order valence-electron chi connectivity index (χ1n) is 6.79. The lowest BCUT2D eigenvalue weighted by atomic mass is 10.3. The Morgan fingerprint density at radius 2 is 2.05 bits per heavy atom. The summed E-state index contributed by atoms with van der Waals surface area (Å²) in [6.45, 7) is 5.95. The van der Waals surface area contributed by atoms with E-state index in [4.69, 9.17) is 4.74 Å². The van der Waals surface area contributed by atoms with Gasteiger partial charge in [0.25, 0.3) is 0 Å². The molecule has 2 heterocycles. The normalized spacial score (nSPS) is 10.5. The summed E-state index contributed by atoms with van der Waals surface area (Å²) in [6.07, 6.45) is 6.02. The summed E-state index contributed by atoms with van der Waals surface area (Å²) >= 11 is 0. The molecule has 0 spiro atoms. The van der Waals surface area contributed by atoms with Crippen LogP contribution in [0.5, 0.6) is 0 Å². The van der Waals surface area contributed by atoms with Crippen LogP contribution in [0.25, 0.3) is 11.4 Å². The van der Waals surface area contributed by atoms with Crippen molar-refractivity contribution in [2.24, 2.45) is 0 Å². The monoisotopic (exact) mass is 273 g/mol. The minimum atomic E-state index is 0.394. The highest BCUT2D eigenvalue weighted by atomic mass is 16.5. The number of anilines is 1. The van der Waals surface area contributed by atoms with Crippen LogP contribution in [0, 0.1) is 0 Å². The highest BCUT2D eigenvalue weighted by Gasteiger charge is 2.07. The van der Waals surface area contributed by atoms with E-state index >= 15 is 0 Å². The summed E-state index contributed by atoms with van der Waals surface area (Å²) in [5, 5.41) is 3.27. The van der Waals surface area contributed by atoms with E-state index in [-0.39, 0.29) is 0 Å². The second-order valence-corrected chi connectivity index (χ2v) is 4.21. The molecule has 0 saturated heterocycles. The molecule has 0 aliphatic carbocycles. The zero-order chi connectivity index (χ0) is 14.2. The number of nitrogens with one attached hydrogen (secondary N) is 1. The first-order chi connectivity index (χ1) is 9.83. The van der Waals surface area contributed by atoms with Gasteiger partial charge in [-0.2, -0.15) is 0 Å². The van der Waals surface area contributed by atoms with Crippen LogP contribution in [0.2, 0.25) is 0 Å². The van der Waals surface area contributed by atoms with Gasteiger partial charge in [0.1, 0.15) is 18.1 Å². The van der Waals surface area contributed by atoms with Gasteiger partial charge in [0.05, 0.1) is 11.9 Å². The van der Waals surface area contributed by atoms with E-state index < -0.39 is 0 Å². The molecular formula is C14H19N5O. The summed E-state index contributed by atoms with van der Waals surface area (Å²) in [6, 6.07) is 1.88. The molecule has 0 bridgehead atoms. The molecular weight excluding hydrogens is 254 g/mol. The third-order valence-electron chi connectivity index (χ3n) is 2.59. The van der Waals surface area contributed by atoms with E-state index in [1.165, 1.54) is 0 Å². The van der Waals surface area contributed by atoms with Crippen LogP contribution < -0.4 is 5.32 Å². The van der Waals surface area contributed by atoms with Crippen LogP contribution in [-0.2, 0) is 11.3 Å². The van der Waals surface area contributed by atoms with Crippen LogP contribution in [-0.4, -0.2) is 33.1 Å². The Hall–Kier alpha value is -2.08. The molecule has 0 atom stereocenters. The Kier molecular flexibility index (Phi) is 5.37. The SMILES string of the molecule is CCCNc1cc(-c2cnccn2)nc(COCC)n1. The number of hydrogen-bond acceptors (Lipinski definition) is 6. The predicted octanol–water partition coefficient (Wildman–Crippen LogP) is 2.29. The van der Waals surface area contributed by atoms with E-state index in [2.05, 4.69) is 32.2 Å². The maximum absolute atomic E-state index is 5.38. The van der Waals surface area contributed by atoms with Crippen molar-refractivity contribution in [3.05, 3.63) is 30.5 Å². The zero-order valence-corrected chi connectivity index (χ0v) is 11.8. The van der Waals surface area contributed by atoms with Crippen LogP contribution in [0.3, 0.4) is 0 Å². The first kappa shape index (κ1) is 14.3. The van der Waals surface area contributed by atoms with Gasteiger partial charge in [0.15, 0.2) is 5.82 Å². The van der Waals surface area contributed by atoms with Crippen molar-refractivity contribution >= 4 is 5.82 Å². The lowest BCUT2D eigenvalue weighted by Gasteiger charge is -2.09. The summed E-state index contributed by atoms with van der Waals surface area (Å²) in [5.41, 5.74) is 1.48.